The Labute approximate surface area is 122 Å². The molecule has 3 rings (SSSR count). The van der Waals surface area contributed by atoms with E-state index >= 15 is 0 Å². The molecule has 1 aliphatic carbocycles. The Morgan fingerprint density at radius 3 is 2.68 bits per heavy atom. The summed E-state index contributed by atoms with van der Waals surface area (Å²) in [5.41, 5.74) is 6.07. The maximum atomic E-state index is 6.45. The summed E-state index contributed by atoms with van der Waals surface area (Å²) >= 11 is 3.93. The van der Waals surface area contributed by atoms with Crippen molar-refractivity contribution in [3.63, 3.8) is 0 Å². The first-order valence-corrected chi connectivity index (χ1v) is 9.15. The van der Waals surface area contributed by atoms with Crippen LogP contribution in [0.4, 0.5) is 0 Å². The highest BCUT2D eigenvalue weighted by Crippen LogP contribution is 2.42. The molecule has 0 spiro atoms. The van der Waals surface area contributed by atoms with Crippen molar-refractivity contribution in [1.29, 1.82) is 0 Å². The van der Waals surface area contributed by atoms with Crippen LogP contribution in [-0.4, -0.2) is 26.9 Å². The van der Waals surface area contributed by atoms with Crippen LogP contribution in [0.5, 0.6) is 0 Å². The van der Waals surface area contributed by atoms with Gasteiger partial charge in [-0.1, -0.05) is 31.3 Å². The number of nitrogens with two attached hydrogens (primary N) is 1. The van der Waals surface area contributed by atoms with Gasteiger partial charge in [0.15, 0.2) is 5.82 Å². The molecule has 2 unspecified atom stereocenters. The Bertz CT molecular complexity index is 431. The molecule has 1 saturated carbocycles. The Morgan fingerprint density at radius 2 is 1.95 bits per heavy atom. The average Bonchev–Trinajstić information content (AvgIpc) is 2.90. The SMILES string of the molecule is CC1SCCSC1c1noc(C2(N)CCCCC2)n1. The Kier molecular flexibility index (Phi) is 4.10. The molecule has 106 valence electrons. The lowest BCUT2D eigenvalue weighted by Crippen LogP contribution is -2.39. The number of nitrogens with zero attached hydrogens (tertiary/aromatic N) is 2. The predicted octanol–water partition coefficient (Wildman–Crippen LogP) is 3.10. The molecule has 1 saturated heterocycles. The zero-order valence-electron chi connectivity index (χ0n) is 11.3. The standard InChI is InChI=1S/C13H21N3OS2/c1-9-10(19-8-7-18-9)11-15-12(17-16-11)13(14)5-3-2-4-6-13/h9-10H,2-8,14H2,1H3. The van der Waals surface area contributed by atoms with Crippen LogP contribution in [0.25, 0.3) is 0 Å². The number of hydrogen-bond acceptors (Lipinski definition) is 6. The minimum Gasteiger partial charge on any atom is -0.337 e. The second-order valence-electron chi connectivity index (χ2n) is 5.54. The molecule has 2 fully saturated rings. The maximum absolute atomic E-state index is 6.45. The predicted molar refractivity (Wildman–Crippen MR) is 80.4 cm³/mol. The van der Waals surface area contributed by atoms with Crippen molar-refractivity contribution >= 4 is 23.5 Å². The third kappa shape index (κ3) is 2.81. The van der Waals surface area contributed by atoms with E-state index in [0.717, 1.165) is 24.4 Å². The van der Waals surface area contributed by atoms with E-state index in [0.29, 0.717) is 16.4 Å². The van der Waals surface area contributed by atoms with E-state index in [9.17, 15) is 0 Å². The van der Waals surface area contributed by atoms with E-state index < -0.39 is 0 Å². The highest BCUT2D eigenvalue weighted by atomic mass is 32.2. The van der Waals surface area contributed by atoms with E-state index in [1.54, 1.807) is 0 Å². The van der Waals surface area contributed by atoms with Gasteiger partial charge in [0.2, 0.25) is 5.89 Å². The van der Waals surface area contributed by atoms with Gasteiger partial charge in [0.05, 0.1) is 10.8 Å². The fourth-order valence-corrected chi connectivity index (χ4v) is 5.54. The third-order valence-electron chi connectivity index (χ3n) is 4.06. The fourth-order valence-electron chi connectivity index (χ4n) is 2.87. The van der Waals surface area contributed by atoms with Crippen molar-refractivity contribution < 1.29 is 4.52 Å². The molecule has 1 aromatic rings. The van der Waals surface area contributed by atoms with Crippen molar-refractivity contribution in [3.8, 4) is 0 Å². The van der Waals surface area contributed by atoms with Crippen LogP contribution in [0.2, 0.25) is 0 Å². The highest BCUT2D eigenvalue weighted by molar-refractivity contribution is 8.06. The topological polar surface area (TPSA) is 64.9 Å². The fraction of sp³-hybridized carbons (Fsp3) is 0.846. The van der Waals surface area contributed by atoms with E-state index in [-0.39, 0.29) is 5.54 Å². The smallest absolute Gasteiger partial charge is 0.246 e. The minimum atomic E-state index is -0.376. The van der Waals surface area contributed by atoms with Gasteiger partial charge in [-0.15, -0.1) is 11.8 Å². The summed E-state index contributed by atoms with van der Waals surface area (Å²) in [4.78, 5) is 4.64. The molecule has 0 aromatic carbocycles. The van der Waals surface area contributed by atoms with Gasteiger partial charge in [-0.3, -0.25) is 0 Å². The van der Waals surface area contributed by atoms with Crippen molar-refractivity contribution in [2.45, 2.75) is 55.1 Å². The van der Waals surface area contributed by atoms with Gasteiger partial charge in [0, 0.05) is 16.8 Å². The monoisotopic (exact) mass is 299 g/mol. The second kappa shape index (κ2) is 5.66. The number of rotatable bonds is 2. The van der Waals surface area contributed by atoms with Gasteiger partial charge in [0.25, 0.3) is 0 Å². The van der Waals surface area contributed by atoms with Gasteiger partial charge in [-0.05, 0) is 12.8 Å². The van der Waals surface area contributed by atoms with Crippen molar-refractivity contribution in [2.75, 3.05) is 11.5 Å². The summed E-state index contributed by atoms with van der Waals surface area (Å²) < 4.78 is 5.50. The molecule has 2 aliphatic rings. The average molecular weight is 299 g/mol. The summed E-state index contributed by atoms with van der Waals surface area (Å²) in [5, 5.41) is 5.11. The molecule has 1 aromatic heterocycles. The van der Waals surface area contributed by atoms with Crippen LogP contribution in [0.1, 0.15) is 56.0 Å². The number of thioether (sulfide) groups is 2. The van der Waals surface area contributed by atoms with Gasteiger partial charge in [-0.2, -0.15) is 16.7 Å². The van der Waals surface area contributed by atoms with Crippen molar-refractivity contribution in [2.24, 2.45) is 5.73 Å². The first kappa shape index (κ1) is 13.8. The lowest BCUT2D eigenvalue weighted by Gasteiger charge is -2.29. The quantitative estimate of drug-likeness (QED) is 0.905. The molecule has 1 aliphatic heterocycles. The molecule has 19 heavy (non-hydrogen) atoms. The van der Waals surface area contributed by atoms with Crippen LogP contribution in [-0.2, 0) is 5.54 Å². The van der Waals surface area contributed by atoms with E-state index in [1.165, 1.54) is 25.0 Å². The van der Waals surface area contributed by atoms with Gasteiger partial charge in [0.1, 0.15) is 0 Å². The molecule has 2 atom stereocenters. The summed E-state index contributed by atoms with van der Waals surface area (Å²) in [6.45, 7) is 2.25. The molecule has 2 N–H and O–H groups in total. The van der Waals surface area contributed by atoms with Crippen LogP contribution in [0.3, 0.4) is 0 Å². The van der Waals surface area contributed by atoms with Crippen LogP contribution < -0.4 is 5.73 Å². The summed E-state index contributed by atoms with van der Waals surface area (Å²) in [6, 6.07) is 0. The molecule has 0 amide bonds. The normalized spacial score (nSPS) is 31.3. The molecule has 0 radical (unpaired) electrons. The molecule has 6 heteroatoms. The minimum absolute atomic E-state index is 0.350. The maximum Gasteiger partial charge on any atom is 0.246 e. The van der Waals surface area contributed by atoms with Crippen LogP contribution in [0.15, 0.2) is 4.52 Å². The summed E-state index contributed by atoms with van der Waals surface area (Å²) in [6.07, 6.45) is 5.54. The molecular weight excluding hydrogens is 278 g/mol. The number of aromatic nitrogens is 2. The highest BCUT2D eigenvalue weighted by Gasteiger charge is 2.37. The first-order chi connectivity index (χ1) is 9.19. The summed E-state index contributed by atoms with van der Waals surface area (Å²) in [7, 11) is 0. The van der Waals surface area contributed by atoms with Crippen molar-refractivity contribution in [1.82, 2.24) is 10.1 Å². The van der Waals surface area contributed by atoms with Crippen molar-refractivity contribution in [3.05, 3.63) is 11.7 Å². The lowest BCUT2D eigenvalue weighted by molar-refractivity contribution is 0.219. The van der Waals surface area contributed by atoms with Crippen LogP contribution >= 0.6 is 23.5 Å². The van der Waals surface area contributed by atoms with Gasteiger partial charge >= 0.3 is 0 Å². The van der Waals surface area contributed by atoms with Crippen LogP contribution in [0, 0.1) is 0 Å². The lowest BCUT2D eigenvalue weighted by atomic mass is 9.82. The zero-order chi connectivity index (χ0) is 13.3. The van der Waals surface area contributed by atoms with Gasteiger partial charge < -0.3 is 10.3 Å². The summed E-state index contributed by atoms with van der Waals surface area (Å²) in [5.74, 6) is 3.88. The third-order valence-corrected chi connectivity index (χ3v) is 7.14. The van der Waals surface area contributed by atoms with Gasteiger partial charge in [-0.25, -0.2) is 0 Å². The van der Waals surface area contributed by atoms with E-state index in [4.69, 9.17) is 10.3 Å². The van der Waals surface area contributed by atoms with E-state index in [2.05, 4.69) is 17.1 Å². The van der Waals surface area contributed by atoms with E-state index in [1.807, 2.05) is 23.5 Å². The molecular formula is C13H21N3OS2. The Morgan fingerprint density at radius 1 is 1.21 bits per heavy atom. The largest absolute Gasteiger partial charge is 0.337 e. The molecule has 2 heterocycles. The Hall–Kier alpha value is -0.200. The Balaban J connectivity index is 1.78. The zero-order valence-corrected chi connectivity index (χ0v) is 12.9. The first-order valence-electron chi connectivity index (χ1n) is 7.05. The number of hydrogen-bond donors (Lipinski definition) is 1. The molecule has 4 nitrogen and oxygen atoms in total. The molecule has 0 bridgehead atoms. The second-order valence-corrected chi connectivity index (χ2v) is 8.28.